The summed E-state index contributed by atoms with van der Waals surface area (Å²) in [5.41, 5.74) is 1.08. The fourth-order valence-corrected chi connectivity index (χ4v) is 1.31. The maximum Gasteiger partial charge on any atom is 0.303 e. The minimum absolute atomic E-state index is 0.128. The number of aromatic nitrogens is 2. The molecule has 1 heterocycles. The van der Waals surface area contributed by atoms with Gasteiger partial charge in [-0.1, -0.05) is 0 Å². The van der Waals surface area contributed by atoms with E-state index in [9.17, 15) is 9.59 Å². The summed E-state index contributed by atoms with van der Waals surface area (Å²) in [5.74, 6) is -1.04. The molecule has 0 bridgehead atoms. The number of hydrogen-bond acceptors (Lipinski definition) is 4. The van der Waals surface area contributed by atoms with Crippen LogP contribution in [0.25, 0.3) is 0 Å². The van der Waals surface area contributed by atoms with Gasteiger partial charge >= 0.3 is 5.97 Å². The van der Waals surface area contributed by atoms with Crippen molar-refractivity contribution < 1.29 is 14.7 Å². The Balaban J connectivity index is 2.31. The Kier molecular flexibility index (Phi) is 5.06. The van der Waals surface area contributed by atoms with Crippen molar-refractivity contribution in [3.05, 3.63) is 23.8 Å². The van der Waals surface area contributed by atoms with Crippen LogP contribution in [-0.4, -0.2) is 33.5 Å². The number of carbonyl (C=O) groups excluding carboxylic acids is 1. The summed E-state index contributed by atoms with van der Waals surface area (Å²) in [6.45, 7) is 2.20. The van der Waals surface area contributed by atoms with Crippen LogP contribution in [-0.2, 0) is 4.79 Å². The second-order valence-electron chi connectivity index (χ2n) is 3.63. The lowest BCUT2D eigenvalue weighted by molar-refractivity contribution is -0.137. The zero-order chi connectivity index (χ0) is 12.7. The Morgan fingerprint density at radius 3 is 2.82 bits per heavy atom. The minimum atomic E-state index is -0.816. The Labute approximate surface area is 99.1 Å². The van der Waals surface area contributed by atoms with E-state index in [-0.39, 0.29) is 12.3 Å². The Hall–Kier alpha value is -1.98. The molecular formula is C11H15N3O3. The van der Waals surface area contributed by atoms with E-state index in [1.807, 2.05) is 0 Å². The van der Waals surface area contributed by atoms with Crippen molar-refractivity contribution in [1.29, 1.82) is 0 Å². The van der Waals surface area contributed by atoms with E-state index in [1.165, 1.54) is 12.5 Å². The first-order valence-corrected chi connectivity index (χ1v) is 5.38. The lowest BCUT2D eigenvalue weighted by Gasteiger charge is -2.05. The quantitative estimate of drug-likeness (QED) is 0.713. The lowest BCUT2D eigenvalue weighted by atomic mass is 10.2. The summed E-state index contributed by atoms with van der Waals surface area (Å²) in [6.07, 6.45) is 4.18. The van der Waals surface area contributed by atoms with Gasteiger partial charge in [0.05, 0.1) is 11.3 Å². The third-order valence-electron chi connectivity index (χ3n) is 2.26. The summed E-state index contributed by atoms with van der Waals surface area (Å²) < 4.78 is 0. The average molecular weight is 237 g/mol. The fraction of sp³-hybridized carbons (Fsp3) is 0.455. The molecule has 0 aromatic carbocycles. The van der Waals surface area contributed by atoms with E-state index in [4.69, 9.17) is 5.11 Å². The molecule has 6 nitrogen and oxygen atoms in total. The van der Waals surface area contributed by atoms with Crippen LogP contribution in [0.3, 0.4) is 0 Å². The summed E-state index contributed by atoms with van der Waals surface area (Å²) in [7, 11) is 0. The van der Waals surface area contributed by atoms with Crippen LogP contribution in [0.1, 0.15) is 35.3 Å². The zero-order valence-electron chi connectivity index (χ0n) is 9.64. The molecule has 0 saturated carbocycles. The van der Waals surface area contributed by atoms with Gasteiger partial charge in [-0.25, -0.2) is 9.97 Å². The van der Waals surface area contributed by atoms with Gasteiger partial charge in [0.25, 0.3) is 5.91 Å². The first-order valence-electron chi connectivity index (χ1n) is 5.38. The van der Waals surface area contributed by atoms with Crippen LogP contribution in [0.2, 0.25) is 0 Å². The molecule has 0 fully saturated rings. The molecule has 0 radical (unpaired) electrons. The van der Waals surface area contributed by atoms with Crippen molar-refractivity contribution in [2.24, 2.45) is 0 Å². The number of carboxylic acid groups (broad SMARTS) is 1. The van der Waals surface area contributed by atoms with Gasteiger partial charge in [0.2, 0.25) is 0 Å². The van der Waals surface area contributed by atoms with E-state index in [0.29, 0.717) is 30.6 Å². The van der Waals surface area contributed by atoms with Gasteiger partial charge in [-0.2, -0.15) is 0 Å². The van der Waals surface area contributed by atoms with Crippen molar-refractivity contribution >= 4 is 11.9 Å². The van der Waals surface area contributed by atoms with Crippen molar-refractivity contribution in [2.45, 2.75) is 26.2 Å². The summed E-state index contributed by atoms with van der Waals surface area (Å²) in [5, 5.41) is 11.1. The number of nitrogens with zero attached hydrogens (tertiary/aromatic N) is 2. The molecule has 0 atom stereocenters. The highest BCUT2D eigenvalue weighted by molar-refractivity contribution is 5.94. The molecule has 1 rings (SSSR count). The van der Waals surface area contributed by atoms with Crippen LogP contribution in [0.15, 0.2) is 12.5 Å². The predicted octanol–water partition coefficient (Wildman–Crippen LogP) is 0.770. The van der Waals surface area contributed by atoms with Crippen molar-refractivity contribution in [2.75, 3.05) is 6.54 Å². The number of unbranched alkanes of at least 4 members (excludes halogenated alkanes) is 1. The van der Waals surface area contributed by atoms with E-state index in [0.717, 1.165) is 0 Å². The van der Waals surface area contributed by atoms with Gasteiger partial charge in [0.1, 0.15) is 6.33 Å². The highest BCUT2D eigenvalue weighted by atomic mass is 16.4. The molecule has 2 N–H and O–H groups in total. The average Bonchev–Trinajstić information content (AvgIpc) is 2.28. The second kappa shape index (κ2) is 6.57. The normalized spacial score (nSPS) is 9.94. The highest BCUT2D eigenvalue weighted by Gasteiger charge is 2.08. The third-order valence-corrected chi connectivity index (χ3v) is 2.26. The Morgan fingerprint density at radius 2 is 2.18 bits per heavy atom. The number of hydrogen-bond donors (Lipinski definition) is 2. The van der Waals surface area contributed by atoms with Crippen molar-refractivity contribution in [3.8, 4) is 0 Å². The van der Waals surface area contributed by atoms with Gasteiger partial charge in [0.15, 0.2) is 0 Å². The molecule has 1 aromatic heterocycles. The maximum atomic E-state index is 11.7. The van der Waals surface area contributed by atoms with Crippen LogP contribution >= 0.6 is 0 Å². The lowest BCUT2D eigenvalue weighted by Crippen LogP contribution is -2.25. The van der Waals surface area contributed by atoms with Crippen LogP contribution < -0.4 is 5.32 Å². The van der Waals surface area contributed by atoms with Gasteiger partial charge in [-0.3, -0.25) is 9.59 Å². The standard InChI is InChI=1S/C11H15N3O3/c1-8-9(6-12-7-14-8)11(17)13-5-3-2-4-10(15)16/h6-7H,2-5H2,1H3,(H,13,17)(H,15,16). The number of nitrogens with one attached hydrogen (secondary N) is 1. The summed E-state index contributed by atoms with van der Waals surface area (Å²) >= 11 is 0. The van der Waals surface area contributed by atoms with E-state index >= 15 is 0 Å². The Morgan fingerprint density at radius 1 is 1.41 bits per heavy atom. The molecule has 0 saturated heterocycles. The largest absolute Gasteiger partial charge is 0.481 e. The summed E-state index contributed by atoms with van der Waals surface area (Å²) in [4.78, 5) is 29.6. The van der Waals surface area contributed by atoms with Gasteiger partial charge < -0.3 is 10.4 Å². The molecule has 1 aromatic rings. The molecule has 92 valence electrons. The number of aryl methyl sites for hydroxylation is 1. The topological polar surface area (TPSA) is 92.2 Å². The fourth-order valence-electron chi connectivity index (χ4n) is 1.31. The smallest absolute Gasteiger partial charge is 0.303 e. The minimum Gasteiger partial charge on any atom is -0.481 e. The Bertz CT molecular complexity index is 407. The van der Waals surface area contributed by atoms with E-state index in [1.54, 1.807) is 6.92 Å². The molecule has 0 aliphatic heterocycles. The molecule has 0 aliphatic carbocycles. The summed E-state index contributed by atoms with van der Waals surface area (Å²) in [6, 6.07) is 0. The second-order valence-corrected chi connectivity index (χ2v) is 3.63. The van der Waals surface area contributed by atoms with Crippen LogP contribution in [0.4, 0.5) is 0 Å². The first kappa shape index (κ1) is 13.1. The number of carboxylic acids is 1. The first-order chi connectivity index (χ1) is 8.11. The molecule has 0 spiro atoms. The molecule has 0 unspecified atom stereocenters. The van der Waals surface area contributed by atoms with Crippen molar-refractivity contribution in [1.82, 2.24) is 15.3 Å². The molecular weight excluding hydrogens is 222 g/mol. The van der Waals surface area contributed by atoms with Gasteiger partial charge in [-0.15, -0.1) is 0 Å². The highest BCUT2D eigenvalue weighted by Crippen LogP contribution is 2.01. The number of amides is 1. The van der Waals surface area contributed by atoms with Crippen molar-refractivity contribution in [3.63, 3.8) is 0 Å². The van der Waals surface area contributed by atoms with Crippen LogP contribution in [0.5, 0.6) is 0 Å². The van der Waals surface area contributed by atoms with E-state index in [2.05, 4.69) is 15.3 Å². The predicted molar refractivity (Wildman–Crippen MR) is 60.6 cm³/mol. The molecule has 1 amide bonds. The van der Waals surface area contributed by atoms with E-state index < -0.39 is 5.97 Å². The monoisotopic (exact) mass is 237 g/mol. The SMILES string of the molecule is Cc1ncncc1C(=O)NCCCCC(=O)O. The number of aliphatic carboxylic acids is 1. The van der Waals surface area contributed by atoms with Gasteiger partial charge in [0, 0.05) is 19.2 Å². The third kappa shape index (κ3) is 4.58. The zero-order valence-corrected chi connectivity index (χ0v) is 9.64. The molecule has 6 heteroatoms. The number of carbonyl (C=O) groups is 2. The maximum absolute atomic E-state index is 11.7. The number of rotatable bonds is 6. The van der Waals surface area contributed by atoms with Crippen LogP contribution in [0, 0.1) is 6.92 Å². The molecule has 0 aliphatic rings. The van der Waals surface area contributed by atoms with Gasteiger partial charge in [-0.05, 0) is 19.8 Å². The molecule has 17 heavy (non-hydrogen) atoms.